The summed E-state index contributed by atoms with van der Waals surface area (Å²) >= 11 is 0. The number of carboxylic acid groups (broad SMARTS) is 1. The highest BCUT2D eigenvalue weighted by Gasteiger charge is 2.13. The summed E-state index contributed by atoms with van der Waals surface area (Å²) in [5, 5.41) is 30.9. The van der Waals surface area contributed by atoms with Crippen molar-refractivity contribution in [3.05, 3.63) is 33.9 Å². The van der Waals surface area contributed by atoms with Gasteiger partial charge in [-0.05, 0) is 25.0 Å². The molecule has 7 nitrogen and oxygen atoms in total. The van der Waals surface area contributed by atoms with E-state index >= 15 is 0 Å². The molecule has 7 heteroatoms. The maximum Gasteiger partial charge on any atom is 0.303 e. The predicted molar refractivity (Wildman–Crippen MR) is 67.8 cm³/mol. The van der Waals surface area contributed by atoms with Gasteiger partial charge in [0.05, 0.1) is 4.92 Å². The number of hydrogen-bond donors (Lipinski definition) is 2. The summed E-state index contributed by atoms with van der Waals surface area (Å²) in [7, 11) is 0. The third-order valence-corrected chi connectivity index (χ3v) is 2.46. The molecular formula is C12H13N3O4. The van der Waals surface area contributed by atoms with Gasteiger partial charge in [0, 0.05) is 24.7 Å². The molecule has 0 radical (unpaired) electrons. The Hall–Kier alpha value is -2.62. The van der Waals surface area contributed by atoms with Gasteiger partial charge < -0.3 is 10.4 Å². The molecular weight excluding hydrogens is 250 g/mol. The van der Waals surface area contributed by atoms with Crippen molar-refractivity contribution in [2.45, 2.75) is 19.3 Å². The highest BCUT2D eigenvalue weighted by atomic mass is 16.6. The van der Waals surface area contributed by atoms with E-state index in [2.05, 4.69) is 5.32 Å². The van der Waals surface area contributed by atoms with Crippen LogP contribution in [0.15, 0.2) is 18.2 Å². The standard InChI is InChI=1S/C12H13N3O4/c13-8-9-4-5-10(7-11(9)15(18)19)14-6-2-1-3-12(16)17/h4-5,7,14H,1-3,6H2,(H,16,17). The summed E-state index contributed by atoms with van der Waals surface area (Å²) < 4.78 is 0. The number of hydrogen-bond acceptors (Lipinski definition) is 5. The molecule has 0 aromatic heterocycles. The lowest BCUT2D eigenvalue weighted by molar-refractivity contribution is -0.385. The molecule has 1 aromatic carbocycles. The van der Waals surface area contributed by atoms with Crippen LogP contribution in [0.2, 0.25) is 0 Å². The Morgan fingerprint density at radius 3 is 2.79 bits per heavy atom. The second-order valence-corrected chi connectivity index (χ2v) is 3.88. The number of nitro benzene ring substituents is 1. The van der Waals surface area contributed by atoms with E-state index in [-0.39, 0.29) is 17.7 Å². The van der Waals surface area contributed by atoms with Crippen molar-refractivity contribution in [3.8, 4) is 6.07 Å². The topological polar surface area (TPSA) is 116 Å². The molecule has 0 unspecified atom stereocenters. The fourth-order valence-electron chi connectivity index (χ4n) is 1.52. The van der Waals surface area contributed by atoms with Crippen LogP contribution in [0.1, 0.15) is 24.8 Å². The van der Waals surface area contributed by atoms with Gasteiger partial charge in [0.2, 0.25) is 0 Å². The zero-order chi connectivity index (χ0) is 14.3. The van der Waals surface area contributed by atoms with Gasteiger partial charge in [0.15, 0.2) is 0 Å². The number of unbranched alkanes of at least 4 members (excludes halogenated alkanes) is 1. The molecule has 0 heterocycles. The summed E-state index contributed by atoms with van der Waals surface area (Å²) in [6, 6.07) is 6.03. The van der Waals surface area contributed by atoms with E-state index in [9.17, 15) is 14.9 Å². The van der Waals surface area contributed by atoms with Crippen molar-refractivity contribution in [2.75, 3.05) is 11.9 Å². The number of benzene rings is 1. The molecule has 0 aliphatic carbocycles. The van der Waals surface area contributed by atoms with Gasteiger partial charge in [-0.25, -0.2) is 0 Å². The van der Waals surface area contributed by atoms with E-state index in [0.29, 0.717) is 25.1 Å². The van der Waals surface area contributed by atoms with Gasteiger partial charge in [-0.15, -0.1) is 0 Å². The Morgan fingerprint density at radius 2 is 2.21 bits per heavy atom. The molecule has 1 aromatic rings. The van der Waals surface area contributed by atoms with Crippen LogP contribution in [0, 0.1) is 21.4 Å². The van der Waals surface area contributed by atoms with Crippen LogP contribution in [-0.2, 0) is 4.79 Å². The number of aliphatic carboxylic acids is 1. The van der Waals surface area contributed by atoms with Gasteiger partial charge >= 0.3 is 5.97 Å². The Kier molecular flexibility index (Phi) is 5.29. The van der Waals surface area contributed by atoms with E-state index in [1.165, 1.54) is 12.1 Å². The maximum absolute atomic E-state index is 10.7. The first-order valence-electron chi connectivity index (χ1n) is 5.69. The third-order valence-electron chi connectivity index (χ3n) is 2.46. The molecule has 100 valence electrons. The van der Waals surface area contributed by atoms with Gasteiger partial charge in [0.25, 0.3) is 5.69 Å². The van der Waals surface area contributed by atoms with E-state index in [1.807, 2.05) is 0 Å². The molecule has 1 rings (SSSR count). The van der Waals surface area contributed by atoms with E-state index in [1.54, 1.807) is 12.1 Å². The quantitative estimate of drug-likeness (QED) is 0.442. The molecule has 19 heavy (non-hydrogen) atoms. The van der Waals surface area contributed by atoms with Crippen LogP contribution in [0.5, 0.6) is 0 Å². The zero-order valence-corrected chi connectivity index (χ0v) is 10.1. The van der Waals surface area contributed by atoms with Gasteiger partial charge in [-0.3, -0.25) is 14.9 Å². The minimum atomic E-state index is -0.839. The summed E-state index contributed by atoms with van der Waals surface area (Å²) in [6.45, 7) is 0.524. The molecule has 0 aliphatic heterocycles. The first kappa shape index (κ1) is 14.4. The molecule has 0 fully saturated rings. The minimum absolute atomic E-state index is 0.0152. The van der Waals surface area contributed by atoms with Crippen LogP contribution >= 0.6 is 0 Å². The van der Waals surface area contributed by atoms with Crippen LogP contribution in [0.4, 0.5) is 11.4 Å². The van der Waals surface area contributed by atoms with Crippen LogP contribution in [0.3, 0.4) is 0 Å². The van der Waals surface area contributed by atoms with E-state index in [4.69, 9.17) is 10.4 Å². The van der Waals surface area contributed by atoms with E-state index in [0.717, 1.165) is 0 Å². The third kappa shape index (κ3) is 4.63. The largest absolute Gasteiger partial charge is 0.481 e. The summed E-state index contributed by atoms with van der Waals surface area (Å²) in [4.78, 5) is 20.4. The number of carbonyl (C=O) groups is 1. The van der Waals surface area contributed by atoms with Gasteiger partial charge in [-0.2, -0.15) is 5.26 Å². The van der Waals surface area contributed by atoms with Crippen LogP contribution < -0.4 is 5.32 Å². The fraction of sp³-hybridized carbons (Fsp3) is 0.333. The highest BCUT2D eigenvalue weighted by molar-refractivity contribution is 5.66. The average Bonchev–Trinajstić information content (AvgIpc) is 2.37. The molecule has 0 aliphatic rings. The Morgan fingerprint density at radius 1 is 1.47 bits per heavy atom. The van der Waals surface area contributed by atoms with Crippen LogP contribution in [0.25, 0.3) is 0 Å². The molecule has 2 N–H and O–H groups in total. The number of anilines is 1. The molecule has 0 spiro atoms. The maximum atomic E-state index is 10.7. The summed E-state index contributed by atoms with van der Waals surface area (Å²) in [5.74, 6) is -0.839. The van der Waals surface area contributed by atoms with Gasteiger partial charge in [-0.1, -0.05) is 0 Å². The SMILES string of the molecule is N#Cc1ccc(NCCCCC(=O)O)cc1[N+](=O)[O-]. The molecule has 0 amide bonds. The number of nitro groups is 1. The number of nitrogens with zero attached hydrogens (tertiary/aromatic N) is 2. The zero-order valence-electron chi connectivity index (χ0n) is 10.1. The number of carboxylic acids is 1. The first-order valence-corrected chi connectivity index (χ1v) is 5.69. The number of rotatable bonds is 7. The fourth-order valence-corrected chi connectivity index (χ4v) is 1.52. The molecule has 0 saturated heterocycles. The summed E-state index contributed by atoms with van der Waals surface area (Å²) in [6.07, 6.45) is 1.30. The second kappa shape index (κ2) is 6.96. The van der Waals surface area contributed by atoms with E-state index < -0.39 is 10.9 Å². The Balaban J connectivity index is 2.56. The predicted octanol–water partition coefficient (Wildman–Crippen LogP) is 2.13. The minimum Gasteiger partial charge on any atom is -0.481 e. The lowest BCUT2D eigenvalue weighted by Gasteiger charge is -2.06. The highest BCUT2D eigenvalue weighted by Crippen LogP contribution is 2.22. The van der Waals surface area contributed by atoms with Crippen molar-refractivity contribution in [1.82, 2.24) is 0 Å². The number of nitrogens with one attached hydrogen (secondary N) is 1. The van der Waals surface area contributed by atoms with Gasteiger partial charge in [0.1, 0.15) is 11.6 Å². The lowest BCUT2D eigenvalue weighted by Crippen LogP contribution is -2.04. The average molecular weight is 263 g/mol. The monoisotopic (exact) mass is 263 g/mol. The Labute approximate surface area is 109 Å². The van der Waals surface area contributed by atoms with Crippen molar-refractivity contribution in [1.29, 1.82) is 5.26 Å². The van der Waals surface area contributed by atoms with Crippen LogP contribution in [-0.4, -0.2) is 22.5 Å². The molecule has 0 bridgehead atoms. The van der Waals surface area contributed by atoms with Crippen molar-refractivity contribution < 1.29 is 14.8 Å². The normalized spacial score (nSPS) is 9.63. The lowest BCUT2D eigenvalue weighted by atomic mass is 10.1. The smallest absolute Gasteiger partial charge is 0.303 e. The van der Waals surface area contributed by atoms with Crippen molar-refractivity contribution in [2.24, 2.45) is 0 Å². The summed E-state index contributed by atoms with van der Waals surface area (Å²) in [5.41, 5.74) is 0.320. The van der Waals surface area contributed by atoms with Crippen molar-refractivity contribution in [3.63, 3.8) is 0 Å². The van der Waals surface area contributed by atoms with Crippen molar-refractivity contribution >= 4 is 17.3 Å². The number of nitriles is 1. The molecule has 0 saturated carbocycles. The Bertz CT molecular complexity index is 522. The molecule has 0 atom stereocenters. The first-order chi connectivity index (χ1) is 9.04. The second-order valence-electron chi connectivity index (χ2n) is 3.88.